The zero-order valence-corrected chi connectivity index (χ0v) is 18.8. The monoisotopic (exact) mass is 486 g/mol. The Hall–Kier alpha value is -4.23. The quantitative estimate of drug-likeness (QED) is 0.218. The predicted molar refractivity (Wildman–Crippen MR) is 124 cm³/mol. The second-order valence-corrected chi connectivity index (χ2v) is 8.00. The number of guanidine groups is 1. The summed E-state index contributed by atoms with van der Waals surface area (Å²) >= 11 is 0. The Morgan fingerprint density at radius 1 is 1.23 bits per heavy atom. The zero-order chi connectivity index (χ0) is 25.6. The molecule has 8 N–H and O–H groups in total. The number of carboxylic acids is 1. The number of nitrogens with zero attached hydrogens (tertiary/aromatic N) is 2. The summed E-state index contributed by atoms with van der Waals surface area (Å²) in [5.41, 5.74) is 1.32. The third-order valence-corrected chi connectivity index (χ3v) is 5.06. The van der Waals surface area contributed by atoms with Crippen molar-refractivity contribution >= 4 is 29.4 Å². The van der Waals surface area contributed by atoms with Crippen molar-refractivity contribution in [3.8, 4) is 5.75 Å². The highest BCUT2D eigenvalue weighted by molar-refractivity contribution is 5.99. The average Bonchev–Trinajstić information content (AvgIpc) is 2.80. The molecule has 1 aliphatic heterocycles. The van der Waals surface area contributed by atoms with Crippen LogP contribution in [0.15, 0.2) is 41.7 Å². The summed E-state index contributed by atoms with van der Waals surface area (Å²) in [5.74, 6) is -4.20. The number of carbonyl (C=O) groups is 3. The number of hydrogen-bond acceptors (Lipinski definition) is 10. The molecule has 186 valence electrons. The lowest BCUT2D eigenvalue weighted by Crippen LogP contribution is -2.51. The molecule has 35 heavy (non-hydrogen) atoms. The van der Waals surface area contributed by atoms with Crippen molar-refractivity contribution < 1.29 is 34.8 Å². The summed E-state index contributed by atoms with van der Waals surface area (Å²) in [6, 6.07) is 5.28. The van der Waals surface area contributed by atoms with Crippen LogP contribution < -0.4 is 21.3 Å². The van der Waals surface area contributed by atoms with Crippen LogP contribution in [0, 0.1) is 6.92 Å². The Kier molecular flexibility index (Phi) is 7.83. The van der Waals surface area contributed by atoms with Crippen LogP contribution in [0.2, 0.25) is 0 Å². The number of pyridine rings is 1. The number of hydrogen-bond donors (Lipinski definition) is 8. The number of anilines is 1. The fraction of sp³-hybridized carbons (Fsp3) is 0.318. The number of aliphatic carboxylic acids is 1. The van der Waals surface area contributed by atoms with Crippen molar-refractivity contribution in [2.24, 2.45) is 4.99 Å². The molecule has 1 aromatic heterocycles. The molecule has 1 unspecified atom stereocenters. The van der Waals surface area contributed by atoms with Gasteiger partial charge in [-0.05, 0) is 18.6 Å². The minimum atomic E-state index is -1.94. The van der Waals surface area contributed by atoms with E-state index in [-0.39, 0.29) is 35.9 Å². The molecule has 0 saturated carbocycles. The molecule has 1 atom stereocenters. The fourth-order valence-corrected chi connectivity index (χ4v) is 3.28. The Balaban J connectivity index is 1.60. The second-order valence-electron chi connectivity index (χ2n) is 8.00. The summed E-state index contributed by atoms with van der Waals surface area (Å²) in [5, 5.41) is 49.0. The highest BCUT2D eigenvalue weighted by Gasteiger charge is 2.27. The van der Waals surface area contributed by atoms with Gasteiger partial charge >= 0.3 is 5.97 Å². The van der Waals surface area contributed by atoms with E-state index < -0.39 is 42.6 Å². The minimum absolute atomic E-state index is 0.112. The number of carboxylic acid groups (broad SMARTS) is 1. The number of benzene rings is 1. The Morgan fingerprint density at radius 2 is 2.00 bits per heavy atom. The van der Waals surface area contributed by atoms with Gasteiger partial charge < -0.3 is 41.7 Å². The summed E-state index contributed by atoms with van der Waals surface area (Å²) in [4.78, 5) is 44.1. The maximum atomic E-state index is 12.5. The van der Waals surface area contributed by atoms with E-state index in [2.05, 4.69) is 31.2 Å². The van der Waals surface area contributed by atoms with Gasteiger partial charge in [-0.15, -0.1) is 0 Å². The Bertz CT molecular complexity index is 1150. The number of phenolic OH excluding ortho intramolecular Hbond substituents is 1. The number of nitrogens with one attached hydrogen (secondary N) is 4. The predicted octanol–water partition coefficient (Wildman–Crippen LogP) is -0.790. The highest BCUT2D eigenvalue weighted by Crippen LogP contribution is 2.29. The minimum Gasteiger partial charge on any atom is -0.507 e. The fourth-order valence-electron chi connectivity index (χ4n) is 3.28. The number of carbonyl (C=O) groups excluding carboxylic acids is 2. The number of aromatic hydroxyl groups is 1. The molecule has 2 aromatic rings. The van der Waals surface area contributed by atoms with Crippen LogP contribution in [-0.4, -0.2) is 74.6 Å². The van der Waals surface area contributed by atoms with Gasteiger partial charge in [-0.3, -0.25) is 19.4 Å². The highest BCUT2D eigenvalue weighted by atomic mass is 16.5. The molecule has 0 bridgehead atoms. The molecule has 0 fully saturated rings. The van der Waals surface area contributed by atoms with Crippen molar-refractivity contribution in [3.63, 3.8) is 0 Å². The molecular weight excluding hydrogens is 460 g/mol. The number of aryl methyl sites for hydroxylation is 1. The lowest BCUT2D eigenvalue weighted by Gasteiger charge is -2.26. The molecule has 1 aliphatic rings. The number of rotatable bonds is 8. The normalized spacial score (nSPS) is 15.2. The summed E-state index contributed by atoms with van der Waals surface area (Å²) in [6.07, 6.45) is 2.26. The van der Waals surface area contributed by atoms with Gasteiger partial charge in [0.25, 0.3) is 5.91 Å². The SMILES string of the molecule is Cc1cccc(C(CC(=O)O)NC(=O)CNC(=O)c2cncc(NC3=NCC(O)(O)CN3)c2)c1O. The smallest absolute Gasteiger partial charge is 0.305 e. The summed E-state index contributed by atoms with van der Waals surface area (Å²) in [6.45, 7) is 0.848. The number of β-amino-alcohol motifs (C(OH)–C–C–N with tert-alkyl or cyclic N) is 2. The van der Waals surface area contributed by atoms with E-state index in [1.807, 2.05) is 0 Å². The van der Waals surface area contributed by atoms with Crippen LogP contribution in [0.1, 0.15) is 33.9 Å². The average molecular weight is 486 g/mol. The number of amides is 2. The molecule has 13 nitrogen and oxygen atoms in total. The maximum absolute atomic E-state index is 12.5. The number of aliphatic hydroxyl groups is 2. The van der Waals surface area contributed by atoms with Crippen LogP contribution in [0.4, 0.5) is 5.69 Å². The first-order valence-corrected chi connectivity index (χ1v) is 10.6. The van der Waals surface area contributed by atoms with Crippen molar-refractivity contribution in [3.05, 3.63) is 53.3 Å². The van der Waals surface area contributed by atoms with Crippen molar-refractivity contribution in [2.75, 3.05) is 25.0 Å². The lowest BCUT2D eigenvalue weighted by molar-refractivity contribution is -0.147. The van der Waals surface area contributed by atoms with Gasteiger partial charge in [0, 0.05) is 11.8 Å². The molecule has 0 saturated heterocycles. The second kappa shape index (κ2) is 10.8. The third kappa shape index (κ3) is 7.12. The van der Waals surface area contributed by atoms with Crippen LogP contribution in [0.5, 0.6) is 5.75 Å². The lowest BCUT2D eigenvalue weighted by atomic mass is 10.00. The first-order valence-electron chi connectivity index (χ1n) is 10.6. The zero-order valence-electron chi connectivity index (χ0n) is 18.8. The first-order chi connectivity index (χ1) is 16.5. The Morgan fingerprint density at radius 3 is 2.69 bits per heavy atom. The van der Waals surface area contributed by atoms with Crippen LogP contribution in [0.25, 0.3) is 0 Å². The molecular formula is C22H26N6O7. The topological polar surface area (TPSA) is 205 Å². The Labute approximate surface area is 199 Å². The van der Waals surface area contributed by atoms with Gasteiger partial charge in [-0.1, -0.05) is 18.2 Å². The van der Waals surface area contributed by atoms with Crippen molar-refractivity contribution in [1.29, 1.82) is 0 Å². The first kappa shape index (κ1) is 25.4. The van der Waals surface area contributed by atoms with Crippen molar-refractivity contribution in [2.45, 2.75) is 25.2 Å². The van der Waals surface area contributed by atoms with Crippen LogP contribution >= 0.6 is 0 Å². The van der Waals surface area contributed by atoms with Gasteiger partial charge in [0.15, 0.2) is 5.96 Å². The van der Waals surface area contributed by atoms with E-state index in [1.54, 1.807) is 19.1 Å². The summed E-state index contributed by atoms with van der Waals surface area (Å²) < 4.78 is 0. The van der Waals surface area contributed by atoms with Gasteiger partial charge in [0.05, 0.1) is 49.5 Å². The standard InChI is InChI=1S/C22H26N6O7/c1-12-3-2-4-15(19(12)32)16(6-18(30)31)28-17(29)9-24-20(33)13-5-14(8-23-7-13)27-21-25-10-22(34,35)11-26-21/h2-5,7-8,16,32,34-35H,6,9-11H2,1H3,(H,24,33)(H,28,29)(H,30,31)(H2,25,26,27). The molecule has 2 amide bonds. The molecule has 1 aromatic carbocycles. The van der Waals surface area contributed by atoms with Crippen molar-refractivity contribution in [1.82, 2.24) is 20.9 Å². The van der Waals surface area contributed by atoms with E-state index >= 15 is 0 Å². The largest absolute Gasteiger partial charge is 0.507 e. The number of aromatic nitrogens is 1. The van der Waals surface area contributed by atoms with E-state index in [1.165, 1.54) is 24.5 Å². The van der Waals surface area contributed by atoms with Gasteiger partial charge in [-0.25, -0.2) is 4.99 Å². The van der Waals surface area contributed by atoms with E-state index in [0.717, 1.165) is 0 Å². The van der Waals surface area contributed by atoms with E-state index in [4.69, 9.17) is 0 Å². The number of phenols is 1. The molecule has 0 aliphatic carbocycles. The van der Waals surface area contributed by atoms with Gasteiger partial charge in [0.1, 0.15) is 5.75 Å². The summed E-state index contributed by atoms with van der Waals surface area (Å²) in [7, 11) is 0. The van der Waals surface area contributed by atoms with Crippen LogP contribution in [-0.2, 0) is 9.59 Å². The van der Waals surface area contributed by atoms with Crippen LogP contribution in [0.3, 0.4) is 0 Å². The molecule has 13 heteroatoms. The van der Waals surface area contributed by atoms with Gasteiger partial charge in [-0.2, -0.15) is 0 Å². The van der Waals surface area contributed by atoms with Gasteiger partial charge in [0.2, 0.25) is 11.7 Å². The third-order valence-electron chi connectivity index (χ3n) is 5.06. The maximum Gasteiger partial charge on any atom is 0.305 e. The molecule has 0 spiro atoms. The number of para-hydroxylation sites is 1. The number of aliphatic imine (C=N–C) groups is 1. The molecule has 2 heterocycles. The van der Waals surface area contributed by atoms with E-state index in [9.17, 15) is 34.8 Å². The van der Waals surface area contributed by atoms with E-state index in [0.29, 0.717) is 11.3 Å². The molecule has 3 rings (SSSR count). The molecule has 0 radical (unpaired) electrons.